The maximum absolute atomic E-state index is 12.9. The number of aromatic nitrogens is 2. The van der Waals surface area contributed by atoms with Crippen LogP contribution in [0, 0.1) is 13.8 Å². The highest BCUT2D eigenvalue weighted by atomic mass is 16.5. The third kappa shape index (κ3) is 3.48. The molecule has 0 radical (unpaired) electrons. The minimum absolute atomic E-state index is 0.148. The molecule has 2 heterocycles. The number of hydrogen-bond acceptors (Lipinski definition) is 6. The largest absolute Gasteiger partial charge is 0.465 e. The molecule has 2 aromatic carbocycles. The summed E-state index contributed by atoms with van der Waals surface area (Å²) in [6.07, 6.45) is 0. The van der Waals surface area contributed by atoms with E-state index in [4.69, 9.17) is 9.47 Å². The van der Waals surface area contributed by atoms with Crippen molar-refractivity contribution in [2.45, 2.75) is 20.5 Å². The van der Waals surface area contributed by atoms with Crippen molar-refractivity contribution in [2.24, 2.45) is 0 Å². The number of fused-ring (bicyclic) bond motifs is 2. The summed E-state index contributed by atoms with van der Waals surface area (Å²) in [5.41, 5.74) is 4.01. The number of pyridine rings is 2. The smallest absolute Gasteiger partial charge is 0.340 e. The highest BCUT2D eigenvalue weighted by Crippen LogP contribution is 2.25. The van der Waals surface area contributed by atoms with Crippen LogP contribution in [0.25, 0.3) is 21.8 Å². The van der Waals surface area contributed by atoms with Gasteiger partial charge in [0.05, 0.1) is 35.0 Å². The summed E-state index contributed by atoms with van der Waals surface area (Å²) in [7, 11) is 1.32. The van der Waals surface area contributed by atoms with Gasteiger partial charge in [-0.15, -0.1) is 0 Å². The van der Waals surface area contributed by atoms with Crippen molar-refractivity contribution in [3.05, 3.63) is 82.7 Å². The fourth-order valence-electron chi connectivity index (χ4n) is 3.61. The molecule has 0 unspecified atom stereocenters. The Labute approximate surface area is 173 Å². The molecule has 0 saturated carbocycles. The summed E-state index contributed by atoms with van der Waals surface area (Å²) in [5, 5.41) is 1.56. The second kappa shape index (κ2) is 7.91. The van der Waals surface area contributed by atoms with E-state index < -0.39 is 11.9 Å². The van der Waals surface area contributed by atoms with Crippen LogP contribution in [0.1, 0.15) is 37.7 Å². The fraction of sp³-hybridized carbons (Fsp3) is 0.167. The molecule has 0 aliphatic heterocycles. The highest BCUT2D eigenvalue weighted by molar-refractivity contribution is 6.03. The molecular formula is C24H20N2O4. The minimum atomic E-state index is -0.512. The summed E-state index contributed by atoms with van der Waals surface area (Å²) in [4.78, 5) is 34.3. The molecule has 150 valence electrons. The van der Waals surface area contributed by atoms with Crippen molar-refractivity contribution in [1.29, 1.82) is 0 Å². The molecule has 0 atom stereocenters. The van der Waals surface area contributed by atoms with Crippen molar-refractivity contribution >= 4 is 33.7 Å². The van der Waals surface area contributed by atoms with E-state index >= 15 is 0 Å². The average Bonchev–Trinajstić information content (AvgIpc) is 2.76. The van der Waals surface area contributed by atoms with Gasteiger partial charge in [0, 0.05) is 16.5 Å². The van der Waals surface area contributed by atoms with Gasteiger partial charge in [0.2, 0.25) is 0 Å². The van der Waals surface area contributed by atoms with E-state index in [2.05, 4.69) is 9.97 Å². The van der Waals surface area contributed by atoms with Crippen LogP contribution in [0.2, 0.25) is 0 Å². The number of para-hydroxylation sites is 2. The first-order chi connectivity index (χ1) is 14.5. The second-order valence-electron chi connectivity index (χ2n) is 6.97. The molecule has 4 rings (SSSR count). The maximum Gasteiger partial charge on any atom is 0.340 e. The molecule has 0 bridgehead atoms. The summed E-state index contributed by atoms with van der Waals surface area (Å²) >= 11 is 0. The Balaban J connectivity index is 1.72. The molecule has 6 nitrogen and oxygen atoms in total. The molecule has 0 aliphatic carbocycles. The number of ether oxygens (including phenoxy) is 2. The predicted octanol–water partition coefficient (Wildman–Crippen LogP) is 4.54. The van der Waals surface area contributed by atoms with Crippen molar-refractivity contribution < 1.29 is 19.1 Å². The van der Waals surface area contributed by atoms with Gasteiger partial charge in [-0.25, -0.2) is 14.6 Å². The molecular weight excluding hydrogens is 380 g/mol. The predicted molar refractivity (Wildman–Crippen MR) is 113 cm³/mol. The summed E-state index contributed by atoms with van der Waals surface area (Å²) < 4.78 is 10.5. The van der Waals surface area contributed by atoms with Gasteiger partial charge in [0.25, 0.3) is 0 Å². The lowest BCUT2D eigenvalue weighted by molar-refractivity contribution is 0.0457. The quantitative estimate of drug-likeness (QED) is 0.468. The van der Waals surface area contributed by atoms with Crippen molar-refractivity contribution in [2.75, 3.05) is 7.11 Å². The topological polar surface area (TPSA) is 78.4 Å². The van der Waals surface area contributed by atoms with Crippen LogP contribution in [0.3, 0.4) is 0 Å². The number of carbonyl (C=O) groups excluding carboxylic acids is 2. The Morgan fingerprint density at radius 1 is 0.867 bits per heavy atom. The zero-order valence-corrected chi connectivity index (χ0v) is 16.9. The number of methoxy groups -OCH3 is 1. The van der Waals surface area contributed by atoms with E-state index in [-0.39, 0.29) is 6.61 Å². The molecule has 4 aromatic rings. The fourth-order valence-corrected chi connectivity index (χ4v) is 3.61. The van der Waals surface area contributed by atoms with Gasteiger partial charge in [-0.2, -0.15) is 0 Å². The third-order valence-corrected chi connectivity index (χ3v) is 5.02. The highest BCUT2D eigenvalue weighted by Gasteiger charge is 2.21. The first-order valence-electron chi connectivity index (χ1n) is 9.49. The first-order valence-corrected chi connectivity index (χ1v) is 9.49. The number of carbonyl (C=O) groups is 2. The lowest BCUT2D eigenvalue weighted by atomic mass is 10.0. The third-order valence-electron chi connectivity index (χ3n) is 5.02. The molecule has 0 fully saturated rings. The van der Waals surface area contributed by atoms with Crippen molar-refractivity contribution in [3.63, 3.8) is 0 Å². The number of benzene rings is 2. The SMILES string of the molecule is COC(=O)c1c(COC(=O)c2cc(C)nc3ccccc23)nc2ccccc2c1C. The van der Waals surface area contributed by atoms with E-state index in [0.29, 0.717) is 22.2 Å². The number of nitrogens with zero attached hydrogens (tertiary/aromatic N) is 2. The van der Waals surface area contributed by atoms with Gasteiger partial charge in [0.15, 0.2) is 0 Å². The second-order valence-corrected chi connectivity index (χ2v) is 6.97. The van der Waals surface area contributed by atoms with Crippen LogP contribution in [0.5, 0.6) is 0 Å². The molecule has 0 aliphatic rings. The van der Waals surface area contributed by atoms with Crippen LogP contribution >= 0.6 is 0 Å². The molecule has 0 N–H and O–H groups in total. The monoisotopic (exact) mass is 400 g/mol. The Hall–Kier alpha value is -3.80. The average molecular weight is 400 g/mol. The van der Waals surface area contributed by atoms with E-state index in [9.17, 15) is 9.59 Å². The molecule has 0 amide bonds. The number of hydrogen-bond donors (Lipinski definition) is 0. The van der Waals surface area contributed by atoms with Crippen LogP contribution in [-0.4, -0.2) is 29.0 Å². The number of aryl methyl sites for hydroxylation is 2. The Morgan fingerprint density at radius 3 is 2.20 bits per heavy atom. The van der Waals surface area contributed by atoms with E-state index in [1.54, 1.807) is 6.07 Å². The normalized spacial score (nSPS) is 10.9. The summed E-state index contributed by atoms with van der Waals surface area (Å²) in [6, 6.07) is 16.6. The summed E-state index contributed by atoms with van der Waals surface area (Å²) in [6.45, 7) is 3.51. The van der Waals surface area contributed by atoms with E-state index in [1.165, 1.54) is 7.11 Å². The Bertz CT molecular complexity index is 1300. The lowest BCUT2D eigenvalue weighted by Crippen LogP contribution is -2.14. The maximum atomic E-state index is 12.9. The minimum Gasteiger partial charge on any atom is -0.465 e. The van der Waals surface area contributed by atoms with Gasteiger partial charge in [-0.05, 0) is 37.6 Å². The van der Waals surface area contributed by atoms with Crippen LogP contribution in [0.15, 0.2) is 54.6 Å². The lowest BCUT2D eigenvalue weighted by Gasteiger charge is -2.14. The zero-order valence-electron chi connectivity index (χ0n) is 16.9. The Kier molecular flexibility index (Phi) is 5.14. The van der Waals surface area contributed by atoms with Crippen molar-refractivity contribution in [3.8, 4) is 0 Å². The summed E-state index contributed by atoms with van der Waals surface area (Å²) in [5.74, 6) is -1.01. The zero-order chi connectivity index (χ0) is 21.3. The van der Waals surface area contributed by atoms with Gasteiger partial charge in [-0.3, -0.25) is 4.98 Å². The molecule has 0 spiro atoms. The molecule has 2 aromatic heterocycles. The van der Waals surface area contributed by atoms with Gasteiger partial charge in [-0.1, -0.05) is 36.4 Å². The van der Waals surface area contributed by atoms with Gasteiger partial charge >= 0.3 is 11.9 Å². The molecule has 6 heteroatoms. The van der Waals surface area contributed by atoms with Gasteiger partial charge in [0.1, 0.15) is 6.61 Å². The molecule has 0 saturated heterocycles. The standard InChI is InChI=1S/C24H20N2O4/c1-14-12-18(17-9-5-7-11-20(17)25-14)23(27)30-13-21-22(24(28)29-3)15(2)16-8-4-6-10-19(16)26-21/h4-12H,13H2,1-3H3. The van der Waals surface area contributed by atoms with E-state index in [1.807, 2.05) is 62.4 Å². The van der Waals surface area contributed by atoms with E-state index in [0.717, 1.165) is 27.7 Å². The molecule has 30 heavy (non-hydrogen) atoms. The first kappa shape index (κ1) is 19.5. The van der Waals surface area contributed by atoms with Crippen LogP contribution < -0.4 is 0 Å². The number of esters is 2. The van der Waals surface area contributed by atoms with Crippen molar-refractivity contribution in [1.82, 2.24) is 9.97 Å². The Morgan fingerprint density at radius 2 is 1.50 bits per heavy atom. The van der Waals surface area contributed by atoms with Gasteiger partial charge < -0.3 is 9.47 Å². The number of rotatable bonds is 4. The van der Waals surface area contributed by atoms with Crippen LogP contribution in [0.4, 0.5) is 0 Å². The van der Waals surface area contributed by atoms with Crippen LogP contribution in [-0.2, 0) is 16.1 Å².